The summed E-state index contributed by atoms with van der Waals surface area (Å²) in [4.78, 5) is 2.02. The van der Waals surface area contributed by atoms with Gasteiger partial charge in [-0.05, 0) is 11.6 Å². The number of fused-ring (bicyclic) bond motifs is 1. The van der Waals surface area contributed by atoms with E-state index in [2.05, 4.69) is 30.5 Å². The molecular weight excluding hydrogens is 182 g/mol. The summed E-state index contributed by atoms with van der Waals surface area (Å²) in [7, 11) is 2.00. The van der Waals surface area contributed by atoms with Crippen LogP contribution in [0.2, 0.25) is 0 Å². The van der Waals surface area contributed by atoms with Crippen molar-refractivity contribution in [3.8, 4) is 0 Å². The zero-order chi connectivity index (χ0) is 11.3. The molecule has 1 heterocycles. The number of hydrogen-bond acceptors (Lipinski definition) is 1. The lowest BCUT2D eigenvalue weighted by atomic mass is 10.0. The predicted molar refractivity (Wildman–Crippen MR) is 67.1 cm³/mol. The van der Waals surface area contributed by atoms with Crippen LogP contribution in [-0.2, 0) is 0 Å². The van der Waals surface area contributed by atoms with Gasteiger partial charge in [-0.25, -0.2) is 0 Å². The van der Waals surface area contributed by atoms with Gasteiger partial charge in [-0.3, -0.25) is 0 Å². The molecule has 0 aromatic heterocycles. The minimum atomic E-state index is 1.04. The van der Waals surface area contributed by atoms with Gasteiger partial charge in [0.15, 0.2) is 0 Å². The van der Waals surface area contributed by atoms with E-state index in [0.717, 1.165) is 5.70 Å². The number of hydrogen-bond donors (Lipinski definition) is 0. The van der Waals surface area contributed by atoms with Crippen LogP contribution < -0.4 is 0 Å². The van der Waals surface area contributed by atoms with Crippen LogP contribution in [0.4, 0.5) is 0 Å². The van der Waals surface area contributed by atoms with E-state index in [1.54, 1.807) is 0 Å². The fraction of sp³-hybridized carbons (Fsp3) is 0.214. The number of rotatable bonds is 0. The maximum Gasteiger partial charge on any atom is 0.0910 e. The van der Waals surface area contributed by atoms with Crippen molar-refractivity contribution in [2.75, 3.05) is 7.05 Å². The Kier molecular flexibility index (Phi) is 3.96. The third-order valence-corrected chi connectivity index (χ3v) is 2.21. The molecule has 1 aliphatic rings. The van der Waals surface area contributed by atoms with Crippen LogP contribution in [0.15, 0.2) is 42.8 Å². The van der Waals surface area contributed by atoms with Crippen molar-refractivity contribution in [1.29, 1.82) is 0 Å². The van der Waals surface area contributed by atoms with Crippen molar-refractivity contribution in [2.24, 2.45) is 0 Å². The summed E-state index contributed by atoms with van der Waals surface area (Å²) >= 11 is 0. The largest absolute Gasteiger partial charge is 0.344 e. The zero-order valence-electron chi connectivity index (χ0n) is 9.62. The summed E-state index contributed by atoms with van der Waals surface area (Å²) < 4.78 is 0. The summed E-state index contributed by atoms with van der Waals surface area (Å²) in [5, 5.41) is 0. The van der Waals surface area contributed by atoms with Crippen LogP contribution in [0.25, 0.3) is 11.8 Å². The van der Waals surface area contributed by atoms with E-state index in [1.165, 1.54) is 11.1 Å². The number of benzene rings is 1. The van der Waals surface area contributed by atoms with Gasteiger partial charge in [-0.15, -0.1) is 5.73 Å². The molecule has 0 saturated heterocycles. The molecule has 1 heteroatoms. The standard InChI is InChI=1S/C12H11N.C2H6/c1-3-12-11-7-5-4-6-10(11)8-9-13(12)2;1-2/h4-9H,1H2,2H3;1-2H3. The normalized spacial score (nSPS) is 12.5. The first-order valence-corrected chi connectivity index (χ1v) is 5.23. The van der Waals surface area contributed by atoms with Crippen LogP contribution in [0.1, 0.15) is 25.0 Å². The Labute approximate surface area is 92.0 Å². The van der Waals surface area contributed by atoms with Gasteiger partial charge in [0.1, 0.15) is 0 Å². The van der Waals surface area contributed by atoms with Crippen LogP contribution in [0, 0.1) is 0 Å². The first kappa shape index (κ1) is 11.4. The van der Waals surface area contributed by atoms with Gasteiger partial charge in [-0.2, -0.15) is 0 Å². The lowest BCUT2D eigenvalue weighted by molar-refractivity contribution is 0.655. The molecule has 0 bridgehead atoms. The molecular formula is C14H17N. The second kappa shape index (κ2) is 5.23. The van der Waals surface area contributed by atoms with Crippen LogP contribution in [0.5, 0.6) is 0 Å². The molecule has 1 aliphatic heterocycles. The first-order chi connectivity index (χ1) is 7.33. The lowest BCUT2D eigenvalue weighted by Gasteiger charge is -2.22. The van der Waals surface area contributed by atoms with E-state index >= 15 is 0 Å². The van der Waals surface area contributed by atoms with Crippen molar-refractivity contribution in [3.05, 3.63) is 53.9 Å². The van der Waals surface area contributed by atoms with Gasteiger partial charge < -0.3 is 4.90 Å². The molecule has 0 spiro atoms. The molecule has 0 aliphatic carbocycles. The van der Waals surface area contributed by atoms with E-state index in [-0.39, 0.29) is 0 Å². The minimum absolute atomic E-state index is 1.04. The van der Waals surface area contributed by atoms with E-state index < -0.39 is 0 Å². The smallest absolute Gasteiger partial charge is 0.0910 e. The van der Waals surface area contributed by atoms with E-state index in [0.29, 0.717) is 0 Å². The molecule has 0 saturated carbocycles. The SMILES string of the molecule is C=C=C1c2ccccc2C=CN1C.CC. The molecule has 1 aromatic rings. The van der Waals surface area contributed by atoms with Crippen LogP contribution >= 0.6 is 0 Å². The lowest BCUT2D eigenvalue weighted by Crippen LogP contribution is -2.12. The molecule has 0 atom stereocenters. The van der Waals surface area contributed by atoms with Crippen molar-refractivity contribution >= 4 is 11.8 Å². The second-order valence-electron chi connectivity index (χ2n) is 3.04. The summed E-state index contributed by atoms with van der Waals surface area (Å²) in [6.07, 6.45) is 4.12. The maximum absolute atomic E-state index is 3.70. The van der Waals surface area contributed by atoms with Gasteiger partial charge in [-0.1, -0.05) is 44.7 Å². The molecule has 0 N–H and O–H groups in total. The zero-order valence-corrected chi connectivity index (χ0v) is 9.62. The molecule has 0 fully saturated rings. The molecule has 0 unspecified atom stereocenters. The highest BCUT2D eigenvalue weighted by atomic mass is 15.1. The van der Waals surface area contributed by atoms with Crippen LogP contribution in [-0.4, -0.2) is 11.9 Å². The fourth-order valence-corrected chi connectivity index (χ4v) is 1.53. The fourth-order valence-electron chi connectivity index (χ4n) is 1.53. The van der Waals surface area contributed by atoms with Crippen molar-refractivity contribution in [1.82, 2.24) is 4.90 Å². The molecule has 0 amide bonds. The van der Waals surface area contributed by atoms with Gasteiger partial charge in [0.25, 0.3) is 0 Å². The first-order valence-electron chi connectivity index (χ1n) is 5.23. The minimum Gasteiger partial charge on any atom is -0.344 e. The third-order valence-electron chi connectivity index (χ3n) is 2.21. The Morgan fingerprint density at radius 2 is 1.87 bits per heavy atom. The van der Waals surface area contributed by atoms with E-state index in [4.69, 9.17) is 0 Å². The molecule has 1 aromatic carbocycles. The molecule has 2 rings (SSSR count). The van der Waals surface area contributed by atoms with E-state index in [9.17, 15) is 0 Å². The van der Waals surface area contributed by atoms with E-state index in [1.807, 2.05) is 44.1 Å². The van der Waals surface area contributed by atoms with Gasteiger partial charge >= 0.3 is 0 Å². The Morgan fingerprint density at radius 3 is 2.53 bits per heavy atom. The Morgan fingerprint density at radius 1 is 1.20 bits per heavy atom. The third kappa shape index (κ3) is 2.20. The maximum atomic E-state index is 3.70. The molecule has 15 heavy (non-hydrogen) atoms. The van der Waals surface area contributed by atoms with Crippen LogP contribution in [0.3, 0.4) is 0 Å². The summed E-state index contributed by atoms with van der Waals surface area (Å²) in [6, 6.07) is 8.25. The van der Waals surface area contributed by atoms with Gasteiger partial charge in [0.2, 0.25) is 0 Å². The highest BCUT2D eigenvalue weighted by molar-refractivity contribution is 5.76. The molecule has 78 valence electrons. The average molecular weight is 199 g/mol. The summed E-state index contributed by atoms with van der Waals surface area (Å²) in [5.74, 6) is 0. The predicted octanol–water partition coefficient (Wildman–Crippen LogP) is 3.75. The topological polar surface area (TPSA) is 3.24 Å². The van der Waals surface area contributed by atoms with Crippen molar-refractivity contribution in [3.63, 3.8) is 0 Å². The highest BCUT2D eigenvalue weighted by Crippen LogP contribution is 2.26. The van der Waals surface area contributed by atoms with Gasteiger partial charge in [0, 0.05) is 18.8 Å². The molecule has 0 radical (unpaired) electrons. The Balaban J connectivity index is 0.000000531. The van der Waals surface area contributed by atoms with Gasteiger partial charge in [0.05, 0.1) is 5.70 Å². The number of nitrogens with zero attached hydrogens (tertiary/aromatic N) is 1. The van der Waals surface area contributed by atoms with Crippen molar-refractivity contribution in [2.45, 2.75) is 13.8 Å². The Hall–Kier alpha value is -1.72. The quantitative estimate of drug-likeness (QED) is 0.575. The summed E-state index contributed by atoms with van der Waals surface area (Å²) in [5.41, 5.74) is 6.42. The Bertz CT molecular complexity index is 409. The monoisotopic (exact) mass is 199 g/mol. The summed E-state index contributed by atoms with van der Waals surface area (Å²) in [6.45, 7) is 7.70. The average Bonchev–Trinajstić information content (AvgIpc) is 2.32. The highest BCUT2D eigenvalue weighted by Gasteiger charge is 2.11. The van der Waals surface area contributed by atoms with Crippen molar-refractivity contribution < 1.29 is 0 Å². The molecule has 1 nitrogen and oxygen atoms in total. The second-order valence-corrected chi connectivity index (χ2v) is 3.04.